The van der Waals surface area contributed by atoms with E-state index >= 15 is 0 Å². The van der Waals surface area contributed by atoms with Crippen LogP contribution in [0.25, 0.3) is 0 Å². The number of rotatable bonds is 5. The van der Waals surface area contributed by atoms with Crippen molar-refractivity contribution in [2.75, 3.05) is 33.4 Å². The first-order valence-corrected chi connectivity index (χ1v) is 10.1. The monoisotopic (exact) mass is 396 g/mol. The van der Waals surface area contributed by atoms with Crippen LogP contribution in [0.2, 0.25) is 0 Å². The van der Waals surface area contributed by atoms with E-state index in [0.717, 1.165) is 35.8 Å². The molecule has 29 heavy (non-hydrogen) atoms. The molecule has 154 valence electrons. The van der Waals surface area contributed by atoms with Crippen LogP contribution in [0.3, 0.4) is 0 Å². The van der Waals surface area contributed by atoms with Gasteiger partial charge in [-0.2, -0.15) is 0 Å². The average molecular weight is 396 g/mol. The van der Waals surface area contributed by atoms with Crippen molar-refractivity contribution in [3.8, 4) is 5.75 Å². The highest BCUT2D eigenvalue weighted by atomic mass is 16.5. The second-order valence-electron chi connectivity index (χ2n) is 7.87. The summed E-state index contributed by atoms with van der Waals surface area (Å²) in [5.74, 6) is 1.68. The number of aliphatic hydroxyl groups excluding tert-OH is 1. The third kappa shape index (κ3) is 3.74. The van der Waals surface area contributed by atoms with Gasteiger partial charge >= 0.3 is 0 Å². The van der Waals surface area contributed by atoms with Crippen molar-refractivity contribution in [3.63, 3.8) is 0 Å². The first kappa shape index (κ1) is 19.5. The molecule has 2 atom stereocenters. The summed E-state index contributed by atoms with van der Waals surface area (Å²) in [7, 11) is 1.70. The number of hydrogen-bond donors (Lipinski definition) is 2. The number of aryl methyl sites for hydroxylation is 1. The molecule has 1 aromatic carbocycles. The van der Waals surface area contributed by atoms with Gasteiger partial charge in [0.05, 0.1) is 36.6 Å². The fourth-order valence-corrected chi connectivity index (χ4v) is 4.14. The molecule has 7 heteroatoms. The third-order valence-corrected chi connectivity index (χ3v) is 5.57. The van der Waals surface area contributed by atoms with E-state index in [4.69, 9.17) is 9.73 Å². The molecule has 0 spiro atoms. The van der Waals surface area contributed by atoms with Gasteiger partial charge in [0.15, 0.2) is 5.84 Å². The molecule has 0 aromatic heterocycles. The molecule has 7 nitrogen and oxygen atoms in total. The molecule has 1 aromatic rings. The summed E-state index contributed by atoms with van der Waals surface area (Å²) in [4.78, 5) is 21.2. The molecular weight excluding hydrogens is 368 g/mol. The number of nitrogens with zero attached hydrogens (tertiary/aromatic N) is 3. The molecule has 0 aliphatic carbocycles. The van der Waals surface area contributed by atoms with E-state index in [1.165, 1.54) is 10.5 Å². The number of likely N-dealkylation sites (N-methyl/N-ethyl adjacent to an activating group) is 1. The molecular formula is C22H28N4O3. The van der Waals surface area contributed by atoms with E-state index < -0.39 is 0 Å². The molecule has 1 amide bonds. The lowest BCUT2D eigenvalue weighted by Crippen LogP contribution is -2.39. The number of nitrogens with one attached hydrogen (secondary N) is 1. The number of hydrogen-bond acceptors (Lipinski definition) is 6. The molecule has 0 radical (unpaired) electrons. The summed E-state index contributed by atoms with van der Waals surface area (Å²) in [5.41, 5.74) is 3.80. The van der Waals surface area contributed by atoms with Gasteiger partial charge in [-0.05, 0) is 31.6 Å². The number of fused-ring (bicyclic) bond motifs is 2. The number of ether oxygens (including phenoxy) is 1. The zero-order valence-corrected chi connectivity index (χ0v) is 17.2. The summed E-state index contributed by atoms with van der Waals surface area (Å²) in [5, 5.41) is 12.8. The Morgan fingerprint density at radius 2 is 2.28 bits per heavy atom. The van der Waals surface area contributed by atoms with Gasteiger partial charge in [0, 0.05) is 38.3 Å². The largest absolute Gasteiger partial charge is 0.493 e. The predicted molar refractivity (Wildman–Crippen MR) is 112 cm³/mol. The Kier molecular flexibility index (Phi) is 5.32. The average Bonchev–Trinajstić information content (AvgIpc) is 3.08. The number of carbonyl (C=O) groups is 1. The number of amidine groups is 1. The summed E-state index contributed by atoms with van der Waals surface area (Å²) in [6.45, 7) is 5.81. The van der Waals surface area contributed by atoms with E-state index in [1.807, 2.05) is 29.3 Å². The van der Waals surface area contributed by atoms with E-state index in [2.05, 4.69) is 25.2 Å². The van der Waals surface area contributed by atoms with Crippen molar-refractivity contribution in [1.29, 1.82) is 0 Å². The Balaban J connectivity index is 1.66. The summed E-state index contributed by atoms with van der Waals surface area (Å²) in [6.07, 6.45) is 4.60. The molecule has 0 unspecified atom stereocenters. The zero-order valence-electron chi connectivity index (χ0n) is 17.2. The van der Waals surface area contributed by atoms with Crippen LogP contribution in [0.5, 0.6) is 5.75 Å². The smallest absolute Gasteiger partial charge is 0.255 e. The quantitative estimate of drug-likeness (QED) is 0.793. The summed E-state index contributed by atoms with van der Waals surface area (Å²) in [6, 6.07) is 6.37. The van der Waals surface area contributed by atoms with Crippen LogP contribution in [0.4, 0.5) is 0 Å². The highest BCUT2D eigenvalue weighted by Crippen LogP contribution is 2.36. The molecule has 0 saturated heterocycles. The summed E-state index contributed by atoms with van der Waals surface area (Å²) < 4.78 is 5.85. The molecule has 0 fully saturated rings. The predicted octanol–water partition coefficient (Wildman–Crippen LogP) is 1.74. The second-order valence-corrected chi connectivity index (χ2v) is 7.87. The van der Waals surface area contributed by atoms with Gasteiger partial charge in [0.2, 0.25) is 0 Å². The fraction of sp³-hybridized carbons (Fsp3) is 0.455. The minimum Gasteiger partial charge on any atom is -0.493 e. The summed E-state index contributed by atoms with van der Waals surface area (Å²) >= 11 is 0. The Morgan fingerprint density at radius 3 is 3.07 bits per heavy atom. The minimum absolute atomic E-state index is 0.0596. The number of benzene rings is 1. The Morgan fingerprint density at radius 1 is 1.45 bits per heavy atom. The van der Waals surface area contributed by atoms with Gasteiger partial charge in [-0.1, -0.05) is 12.1 Å². The highest BCUT2D eigenvalue weighted by molar-refractivity contribution is 6.06. The maximum Gasteiger partial charge on any atom is 0.255 e. The van der Waals surface area contributed by atoms with Crippen molar-refractivity contribution < 1.29 is 14.6 Å². The number of aliphatic imine (C=N–C) groups is 1. The van der Waals surface area contributed by atoms with Gasteiger partial charge in [-0.3, -0.25) is 9.79 Å². The molecule has 0 bridgehead atoms. The van der Waals surface area contributed by atoms with Crippen molar-refractivity contribution in [3.05, 3.63) is 52.9 Å². The van der Waals surface area contributed by atoms with Gasteiger partial charge in [0.1, 0.15) is 5.75 Å². The minimum atomic E-state index is -0.111. The van der Waals surface area contributed by atoms with Crippen molar-refractivity contribution in [2.24, 2.45) is 4.99 Å². The lowest BCUT2D eigenvalue weighted by atomic mass is 9.95. The SMILES string of the molecule is Cc1cccc2c1[C@@H](NC1=CC(C(=O)N(C)CCO)=CN3C[C@H](C)N=C13)CCO2. The lowest BCUT2D eigenvalue weighted by molar-refractivity contribution is -0.126. The molecule has 3 heterocycles. The van der Waals surface area contributed by atoms with E-state index in [1.54, 1.807) is 7.05 Å². The van der Waals surface area contributed by atoms with E-state index in [0.29, 0.717) is 18.7 Å². The van der Waals surface area contributed by atoms with Crippen LogP contribution in [-0.4, -0.2) is 66.0 Å². The maximum absolute atomic E-state index is 12.8. The number of aliphatic hydroxyl groups is 1. The standard InChI is InChI=1S/C22H28N4O3/c1-14-5-4-6-19-20(14)17(7-10-29-19)24-18-11-16(22(28)25(3)8-9-27)13-26-12-15(2)23-21(18)26/h4-6,11,13,15,17,24,27H,7-10,12H2,1-3H3/t15-,17-/m0/s1. The van der Waals surface area contributed by atoms with Crippen LogP contribution < -0.4 is 10.1 Å². The fourth-order valence-electron chi connectivity index (χ4n) is 4.14. The van der Waals surface area contributed by atoms with Crippen LogP contribution in [-0.2, 0) is 4.79 Å². The molecule has 3 aliphatic rings. The van der Waals surface area contributed by atoms with Crippen LogP contribution >= 0.6 is 0 Å². The first-order valence-electron chi connectivity index (χ1n) is 10.1. The molecule has 3 aliphatic heterocycles. The van der Waals surface area contributed by atoms with Crippen LogP contribution in [0.15, 0.2) is 46.7 Å². The second kappa shape index (κ2) is 7.91. The van der Waals surface area contributed by atoms with Crippen molar-refractivity contribution in [1.82, 2.24) is 15.1 Å². The normalized spacial score (nSPS) is 22.6. The van der Waals surface area contributed by atoms with Crippen molar-refractivity contribution in [2.45, 2.75) is 32.4 Å². The van der Waals surface area contributed by atoms with Gasteiger partial charge in [-0.25, -0.2) is 0 Å². The highest BCUT2D eigenvalue weighted by Gasteiger charge is 2.32. The van der Waals surface area contributed by atoms with E-state index in [9.17, 15) is 9.90 Å². The Labute approximate surface area is 171 Å². The van der Waals surface area contributed by atoms with Crippen LogP contribution in [0, 0.1) is 6.92 Å². The number of carbonyl (C=O) groups excluding carboxylic acids is 1. The maximum atomic E-state index is 12.8. The lowest BCUT2D eigenvalue weighted by Gasteiger charge is -2.32. The van der Waals surface area contributed by atoms with Crippen LogP contribution in [0.1, 0.15) is 30.5 Å². The van der Waals surface area contributed by atoms with Gasteiger partial charge < -0.3 is 25.0 Å². The Bertz CT molecular complexity index is 905. The zero-order chi connectivity index (χ0) is 20.5. The molecule has 0 saturated carbocycles. The Hall–Kier alpha value is -2.80. The van der Waals surface area contributed by atoms with Gasteiger partial charge in [0.25, 0.3) is 5.91 Å². The third-order valence-electron chi connectivity index (χ3n) is 5.57. The van der Waals surface area contributed by atoms with E-state index in [-0.39, 0.29) is 24.6 Å². The molecule has 4 rings (SSSR count). The van der Waals surface area contributed by atoms with Gasteiger partial charge in [-0.15, -0.1) is 0 Å². The molecule has 2 N–H and O–H groups in total. The van der Waals surface area contributed by atoms with Crippen molar-refractivity contribution >= 4 is 11.7 Å². The number of amides is 1. The topological polar surface area (TPSA) is 77.4 Å². The first-order chi connectivity index (χ1) is 14.0.